The van der Waals surface area contributed by atoms with Crippen molar-refractivity contribution in [3.63, 3.8) is 0 Å². The van der Waals surface area contributed by atoms with Crippen molar-refractivity contribution >= 4 is 28.8 Å². The molecule has 1 aliphatic heterocycles. The van der Waals surface area contributed by atoms with E-state index in [9.17, 15) is 9.59 Å². The Morgan fingerprint density at radius 3 is 2.73 bits per heavy atom. The van der Waals surface area contributed by atoms with E-state index in [1.165, 1.54) is 0 Å². The molecule has 3 heterocycles. The van der Waals surface area contributed by atoms with E-state index in [1.54, 1.807) is 30.7 Å². The minimum Gasteiger partial charge on any atom is -0.366 e. The molecule has 190 valence electrons. The van der Waals surface area contributed by atoms with Crippen LogP contribution in [0.5, 0.6) is 0 Å². The predicted molar refractivity (Wildman–Crippen MR) is 143 cm³/mol. The molecule has 37 heavy (non-hydrogen) atoms. The number of rotatable bonds is 7. The van der Waals surface area contributed by atoms with Crippen molar-refractivity contribution in [2.75, 3.05) is 25.5 Å². The van der Waals surface area contributed by atoms with Gasteiger partial charge in [-0.15, -0.1) is 0 Å². The van der Waals surface area contributed by atoms with Crippen molar-refractivity contribution in [1.29, 1.82) is 0 Å². The van der Waals surface area contributed by atoms with Crippen LogP contribution in [0, 0.1) is 0 Å². The van der Waals surface area contributed by atoms with Gasteiger partial charge in [0.05, 0.1) is 29.1 Å². The van der Waals surface area contributed by atoms with E-state index in [4.69, 9.17) is 10.7 Å². The van der Waals surface area contributed by atoms with Crippen molar-refractivity contribution in [1.82, 2.24) is 24.4 Å². The van der Waals surface area contributed by atoms with Crippen molar-refractivity contribution < 1.29 is 9.59 Å². The number of hydrogen-bond acceptors (Lipinski definition) is 6. The van der Waals surface area contributed by atoms with Gasteiger partial charge in [0, 0.05) is 50.9 Å². The van der Waals surface area contributed by atoms with Crippen LogP contribution in [0.3, 0.4) is 0 Å². The third-order valence-corrected chi connectivity index (χ3v) is 6.90. The molecule has 1 saturated heterocycles. The molecule has 5 rings (SSSR count). The average molecular weight is 498 g/mol. The molecule has 0 bridgehead atoms. The van der Waals surface area contributed by atoms with Crippen molar-refractivity contribution in [2.24, 2.45) is 5.73 Å². The Bertz CT molecular complexity index is 1450. The largest absolute Gasteiger partial charge is 0.366 e. The van der Waals surface area contributed by atoms with E-state index in [0.717, 1.165) is 47.1 Å². The molecule has 9 nitrogen and oxygen atoms in total. The fraction of sp³-hybridized carbons (Fsp3) is 0.321. The molecule has 0 saturated carbocycles. The number of nitrogens with two attached hydrogens (primary N) is 1. The summed E-state index contributed by atoms with van der Waals surface area (Å²) in [6, 6.07) is 14.9. The summed E-state index contributed by atoms with van der Waals surface area (Å²) in [7, 11) is 3.79. The SMILES string of the molecule is CN(C)c1ncc(-c2cccc(C(N)=O)c2)c([C@@H]2CCCCN2C(=O)CCn2cnc3ccccc32)n1. The smallest absolute Gasteiger partial charge is 0.248 e. The molecule has 4 aromatic rings. The van der Waals surface area contributed by atoms with Crippen LogP contribution < -0.4 is 10.6 Å². The van der Waals surface area contributed by atoms with Gasteiger partial charge in [0.2, 0.25) is 17.8 Å². The highest BCUT2D eigenvalue weighted by Crippen LogP contribution is 2.37. The minimum atomic E-state index is -0.490. The Kier molecular flexibility index (Phi) is 6.85. The first-order chi connectivity index (χ1) is 17.9. The highest BCUT2D eigenvalue weighted by molar-refractivity contribution is 5.94. The second kappa shape index (κ2) is 10.4. The summed E-state index contributed by atoms with van der Waals surface area (Å²) in [5.74, 6) is 0.174. The molecule has 0 aliphatic carbocycles. The number of fused-ring (bicyclic) bond motifs is 1. The third kappa shape index (κ3) is 5.02. The normalized spacial score (nSPS) is 15.6. The summed E-state index contributed by atoms with van der Waals surface area (Å²) < 4.78 is 2.03. The van der Waals surface area contributed by atoms with E-state index in [1.807, 2.05) is 58.8 Å². The lowest BCUT2D eigenvalue weighted by Crippen LogP contribution is -2.39. The van der Waals surface area contributed by atoms with Crippen LogP contribution >= 0.6 is 0 Å². The highest BCUT2D eigenvalue weighted by atomic mass is 16.2. The molecule has 1 fully saturated rings. The van der Waals surface area contributed by atoms with Crippen LogP contribution in [0.4, 0.5) is 5.95 Å². The minimum absolute atomic E-state index is 0.0873. The zero-order chi connectivity index (χ0) is 25.9. The zero-order valence-electron chi connectivity index (χ0n) is 21.2. The number of benzene rings is 2. The summed E-state index contributed by atoms with van der Waals surface area (Å²) in [5.41, 5.74) is 10.3. The van der Waals surface area contributed by atoms with Crippen LogP contribution in [0.2, 0.25) is 0 Å². The first-order valence-electron chi connectivity index (χ1n) is 12.6. The summed E-state index contributed by atoms with van der Waals surface area (Å²) in [4.78, 5) is 43.2. The lowest BCUT2D eigenvalue weighted by molar-refractivity contribution is -0.135. The Hall–Kier alpha value is -4.27. The van der Waals surface area contributed by atoms with Gasteiger partial charge in [0.15, 0.2) is 0 Å². The van der Waals surface area contributed by atoms with Crippen molar-refractivity contribution in [3.8, 4) is 11.1 Å². The van der Waals surface area contributed by atoms with Gasteiger partial charge in [-0.25, -0.2) is 15.0 Å². The number of para-hydroxylation sites is 2. The number of anilines is 1. The molecule has 2 amide bonds. The number of amides is 2. The quantitative estimate of drug-likeness (QED) is 0.416. The predicted octanol–water partition coefficient (Wildman–Crippen LogP) is 3.80. The van der Waals surface area contributed by atoms with Gasteiger partial charge in [-0.3, -0.25) is 9.59 Å². The molecule has 1 atom stereocenters. The van der Waals surface area contributed by atoms with E-state index >= 15 is 0 Å². The number of primary amides is 1. The Morgan fingerprint density at radius 1 is 1.08 bits per heavy atom. The van der Waals surface area contributed by atoms with Crippen LogP contribution in [-0.2, 0) is 11.3 Å². The number of imidazole rings is 1. The first-order valence-corrected chi connectivity index (χ1v) is 12.6. The summed E-state index contributed by atoms with van der Waals surface area (Å²) in [5, 5.41) is 0. The molecule has 1 aliphatic rings. The second-order valence-corrected chi connectivity index (χ2v) is 9.58. The maximum atomic E-state index is 13.6. The number of piperidine rings is 1. The molecule has 9 heteroatoms. The third-order valence-electron chi connectivity index (χ3n) is 6.90. The topological polar surface area (TPSA) is 110 Å². The Labute approximate surface area is 215 Å². The molecular formula is C28H31N7O2. The Balaban J connectivity index is 1.47. The van der Waals surface area contributed by atoms with Gasteiger partial charge in [0.25, 0.3) is 0 Å². The van der Waals surface area contributed by atoms with E-state index in [-0.39, 0.29) is 11.9 Å². The number of likely N-dealkylation sites (tertiary alicyclic amines) is 1. The van der Waals surface area contributed by atoms with Crippen LogP contribution in [-0.4, -0.2) is 56.9 Å². The number of nitrogens with zero attached hydrogens (tertiary/aromatic N) is 6. The fourth-order valence-corrected chi connectivity index (χ4v) is 4.98. The molecule has 0 unspecified atom stereocenters. The second-order valence-electron chi connectivity index (χ2n) is 9.58. The van der Waals surface area contributed by atoms with E-state index < -0.39 is 5.91 Å². The maximum Gasteiger partial charge on any atom is 0.248 e. The molecular weight excluding hydrogens is 466 g/mol. The van der Waals surface area contributed by atoms with Gasteiger partial charge in [-0.05, 0) is 49.1 Å². The zero-order valence-corrected chi connectivity index (χ0v) is 21.2. The highest BCUT2D eigenvalue weighted by Gasteiger charge is 2.31. The van der Waals surface area contributed by atoms with Crippen LogP contribution in [0.1, 0.15) is 47.8 Å². The maximum absolute atomic E-state index is 13.6. The number of hydrogen-bond donors (Lipinski definition) is 1. The molecule has 0 spiro atoms. The average Bonchev–Trinajstić information content (AvgIpc) is 3.34. The van der Waals surface area contributed by atoms with Gasteiger partial charge in [-0.2, -0.15) is 0 Å². The number of aromatic nitrogens is 4. The summed E-state index contributed by atoms with van der Waals surface area (Å²) in [6.45, 7) is 1.24. The number of carbonyl (C=O) groups excluding carboxylic acids is 2. The molecule has 2 aromatic carbocycles. The lowest BCUT2D eigenvalue weighted by atomic mass is 9.93. The van der Waals surface area contributed by atoms with Crippen LogP contribution in [0.25, 0.3) is 22.2 Å². The Morgan fingerprint density at radius 2 is 1.92 bits per heavy atom. The molecule has 0 radical (unpaired) electrons. The van der Waals surface area contributed by atoms with Crippen molar-refractivity contribution in [2.45, 2.75) is 38.3 Å². The van der Waals surface area contributed by atoms with Gasteiger partial charge in [0.1, 0.15) is 0 Å². The lowest BCUT2D eigenvalue weighted by Gasteiger charge is -2.36. The number of aryl methyl sites for hydroxylation is 1. The van der Waals surface area contributed by atoms with Crippen LogP contribution in [0.15, 0.2) is 61.1 Å². The number of carbonyl (C=O) groups is 2. The fourth-order valence-electron chi connectivity index (χ4n) is 4.98. The monoisotopic (exact) mass is 497 g/mol. The first kappa shape index (κ1) is 24.4. The van der Waals surface area contributed by atoms with Gasteiger partial charge < -0.3 is 20.1 Å². The van der Waals surface area contributed by atoms with E-state index in [0.29, 0.717) is 31.0 Å². The molecule has 2 aromatic heterocycles. The summed E-state index contributed by atoms with van der Waals surface area (Å²) in [6.07, 6.45) is 6.72. The molecule has 2 N–H and O–H groups in total. The van der Waals surface area contributed by atoms with Crippen molar-refractivity contribution in [3.05, 3.63) is 72.3 Å². The standard InChI is InChI=1S/C28H31N7O2/c1-33(2)28-30-17-21(19-8-7-9-20(16-19)27(29)37)26(32-28)24-12-5-6-14-35(24)25(36)13-15-34-18-31-22-10-3-4-11-23(22)34/h3-4,7-11,16-18,24H,5-6,12-15H2,1-2H3,(H2,29,37)/t24-/m0/s1. The van der Waals surface area contributed by atoms with Gasteiger partial charge >= 0.3 is 0 Å². The summed E-state index contributed by atoms with van der Waals surface area (Å²) >= 11 is 0. The van der Waals surface area contributed by atoms with E-state index in [2.05, 4.69) is 9.97 Å². The van der Waals surface area contributed by atoms with Gasteiger partial charge in [-0.1, -0.05) is 24.3 Å².